The lowest BCUT2D eigenvalue weighted by atomic mass is 10.2. The molecule has 112 valence electrons. The summed E-state index contributed by atoms with van der Waals surface area (Å²) < 4.78 is 22.9. The van der Waals surface area contributed by atoms with Crippen LogP contribution in [0.4, 0.5) is 5.82 Å². The second kappa shape index (κ2) is 6.28. The van der Waals surface area contributed by atoms with Gasteiger partial charge in [-0.15, -0.1) is 0 Å². The molecule has 0 aliphatic carbocycles. The number of nitrogens with zero attached hydrogens (tertiary/aromatic N) is 2. The van der Waals surface area contributed by atoms with E-state index in [2.05, 4.69) is 24.1 Å². The number of nitrogens with one attached hydrogen (secondary N) is 1. The molecular formula is C13H20ClN3O2S. The number of aromatic nitrogens is 1. The first kappa shape index (κ1) is 15.5. The molecule has 0 unspecified atom stereocenters. The van der Waals surface area contributed by atoms with Crippen molar-refractivity contribution in [2.24, 2.45) is 0 Å². The molecule has 1 aliphatic heterocycles. The summed E-state index contributed by atoms with van der Waals surface area (Å²) >= 11 is 6.27. The van der Waals surface area contributed by atoms with Gasteiger partial charge < -0.3 is 10.2 Å². The van der Waals surface area contributed by atoms with Crippen molar-refractivity contribution in [3.8, 4) is 0 Å². The molecule has 20 heavy (non-hydrogen) atoms. The summed E-state index contributed by atoms with van der Waals surface area (Å²) in [5.74, 6) is 1.01. The topological polar surface area (TPSA) is 62.3 Å². The van der Waals surface area contributed by atoms with E-state index in [-0.39, 0.29) is 11.5 Å². The molecule has 1 saturated heterocycles. The smallest absolute Gasteiger partial charge is 0.153 e. The SMILES string of the molecule is CC(C)NCc1cnc(N2CCS(=O)(=O)CC2)c(Cl)c1. The molecule has 7 heteroatoms. The van der Waals surface area contributed by atoms with Crippen molar-refractivity contribution in [3.05, 3.63) is 22.8 Å². The van der Waals surface area contributed by atoms with Crippen LogP contribution in [0.2, 0.25) is 5.02 Å². The number of pyridine rings is 1. The first-order valence-corrected chi connectivity index (χ1v) is 8.90. The minimum absolute atomic E-state index is 0.168. The Balaban J connectivity index is 2.06. The van der Waals surface area contributed by atoms with Crippen LogP contribution < -0.4 is 10.2 Å². The van der Waals surface area contributed by atoms with Gasteiger partial charge in [0.2, 0.25) is 0 Å². The fourth-order valence-electron chi connectivity index (χ4n) is 2.05. The van der Waals surface area contributed by atoms with E-state index in [9.17, 15) is 8.42 Å². The number of hydrogen-bond acceptors (Lipinski definition) is 5. The van der Waals surface area contributed by atoms with Crippen LogP contribution in [-0.4, -0.2) is 44.0 Å². The zero-order chi connectivity index (χ0) is 14.8. The molecule has 1 fully saturated rings. The fourth-order valence-corrected chi connectivity index (χ4v) is 3.56. The van der Waals surface area contributed by atoms with Gasteiger partial charge >= 0.3 is 0 Å². The van der Waals surface area contributed by atoms with Crippen LogP contribution in [0.1, 0.15) is 19.4 Å². The highest BCUT2D eigenvalue weighted by Gasteiger charge is 2.23. The molecule has 1 aromatic heterocycles. The maximum absolute atomic E-state index is 11.4. The van der Waals surface area contributed by atoms with Crippen molar-refractivity contribution in [1.29, 1.82) is 0 Å². The van der Waals surface area contributed by atoms with Gasteiger partial charge in [-0.2, -0.15) is 0 Å². The summed E-state index contributed by atoms with van der Waals surface area (Å²) in [5.41, 5.74) is 1.03. The molecule has 2 rings (SSSR count). The molecular weight excluding hydrogens is 298 g/mol. The maximum atomic E-state index is 11.4. The highest BCUT2D eigenvalue weighted by Crippen LogP contribution is 2.25. The summed E-state index contributed by atoms with van der Waals surface area (Å²) in [6.07, 6.45) is 1.79. The van der Waals surface area contributed by atoms with Crippen LogP contribution in [0.15, 0.2) is 12.3 Å². The normalized spacial score (nSPS) is 18.5. The van der Waals surface area contributed by atoms with Crippen LogP contribution in [-0.2, 0) is 16.4 Å². The molecule has 1 aliphatic rings. The Kier molecular flexibility index (Phi) is 4.88. The number of hydrogen-bond donors (Lipinski definition) is 1. The molecule has 2 heterocycles. The van der Waals surface area contributed by atoms with Crippen LogP contribution in [0.5, 0.6) is 0 Å². The van der Waals surface area contributed by atoms with E-state index < -0.39 is 9.84 Å². The molecule has 5 nitrogen and oxygen atoms in total. The highest BCUT2D eigenvalue weighted by molar-refractivity contribution is 7.91. The van der Waals surface area contributed by atoms with Gasteiger partial charge in [-0.3, -0.25) is 0 Å². The molecule has 0 atom stereocenters. The third-order valence-electron chi connectivity index (χ3n) is 3.24. The fraction of sp³-hybridized carbons (Fsp3) is 0.615. The van der Waals surface area contributed by atoms with Gasteiger partial charge in [0.1, 0.15) is 5.82 Å². The van der Waals surface area contributed by atoms with E-state index in [0.717, 1.165) is 12.1 Å². The van der Waals surface area contributed by atoms with Crippen LogP contribution >= 0.6 is 11.6 Å². The van der Waals surface area contributed by atoms with Crippen molar-refractivity contribution in [2.45, 2.75) is 26.4 Å². The standard InChI is InChI=1S/C13H20ClN3O2S/c1-10(2)15-8-11-7-12(14)13(16-9-11)17-3-5-20(18,19)6-4-17/h7,9-10,15H,3-6,8H2,1-2H3. The number of anilines is 1. The van der Waals surface area contributed by atoms with Crippen LogP contribution in [0.3, 0.4) is 0 Å². The minimum Gasteiger partial charge on any atom is -0.353 e. The third kappa shape index (κ3) is 4.07. The van der Waals surface area contributed by atoms with Crippen molar-refractivity contribution in [3.63, 3.8) is 0 Å². The predicted molar refractivity (Wildman–Crippen MR) is 82.1 cm³/mol. The molecule has 0 spiro atoms. The van der Waals surface area contributed by atoms with Gasteiger partial charge in [-0.25, -0.2) is 13.4 Å². The van der Waals surface area contributed by atoms with Gasteiger partial charge in [0, 0.05) is 31.9 Å². The molecule has 0 aromatic carbocycles. The largest absolute Gasteiger partial charge is 0.353 e. The first-order valence-electron chi connectivity index (χ1n) is 6.70. The molecule has 1 N–H and O–H groups in total. The van der Waals surface area contributed by atoms with Gasteiger partial charge in [0.15, 0.2) is 9.84 Å². The molecule has 0 saturated carbocycles. The van der Waals surface area contributed by atoms with E-state index in [1.165, 1.54) is 0 Å². The zero-order valence-electron chi connectivity index (χ0n) is 11.8. The quantitative estimate of drug-likeness (QED) is 0.911. The van der Waals surface area contributed by atoms with Crippen molar-refractivity contribution in [1.82, 2.24) is 10.3 Å². The molecule has 0 bridgehead atoms. The van der Waals surface area contributed by atoms with E-state index >= 15 is 0 Å². The van der Waals surface area contributed by atoms with Gasteiger partial charge in [0.25, 0.3) is 0 Å². The van der Waals surface area contributed by atoms with E-state index in [4.69, 9.17) is 11.6 Å². The number of sulfone groups is 1. The molecule has 0 amide bonds. The number of rotatable bonds is 4. The Bertz CT molecular complexity index is 561. The lowest BCUT2D eigenvalue weighted by Crippen LogP contribution is -2.40. The first-order chi connectivity index (χ1) is 9.37. The van der Waals surface area contributed by atoms with E-state index in [1.54, 1.807) is 6.20 Å². The Hall–Kier alpha value is -0.850. The van der Waals surface area contributed by atoms with Gasteiger partial charge in [0.05, 0.1) is 16.5 Å². The Labute approximate surface area is 125 Å². The van der Waals surface area contributed by atoms with Crippen LogP contribution in [0.25, 0.3) is 0 Å². The Morgan fingerprint density at radius 1 is 1.40 bits per heavy atom. The summed E-state index contributed by atoms with van der Waals surface area (Å²) in [6.45, 7) is 5.80. The molecule has 1 aromatic rings. The van der Waals surface area contributed by atoms with Crippen molar-refractivity contribution < 1.29 is 8.42 Å². The van der Waals surface area contributed by atoms with E-state index in [1.807, 2.05) is 11.0 Å². The third-order valence-corrected chi connectivity index (χ3v) is 5.12. The zero-order valence-corrected chi connectivity index (χ0v) is 13.3. The second-order valence-electron chi connectivity index (χ2n) is 5.32. The van der Waals surface area contributed by atoms with Crippen molar-refractivity contribution >= 4 is 27.3 Å². The summed E-state index contributed by atoms with van der Waals surface area (Å²) in [6, 6.07) is 2.29. The van der Waals surface area contributed by atoms with Gasteiger partial charge in [-0.1, -0.05) is 25.4 Å². The summed E-state index contributed by atoms with van der Waals surface area (Å²) in [5, 5.41) is 3.88. The molecule has 0 radical (unpaired) electrons. The van der Waals surface area contributed by atoms with Crippen molar-refractivity contribution in [2.75, 3.05) is 29.5 Å². The van der Waals surface area contributed by atoms with Crippen LogP contribution in [0, 0.1) is 0 Å². The lowest BCUT2D eigenvalue weighted by molar-refractivity contribution is 0.585. The average molecular weight is 318 g/mol. The lowest BCUT2D eigenvalue weighted by Gasteiger charge is -2.28. The number of halogens is 1. The summed E-state index contributed by atoms with van der Waals surface area (Å²) in [7, 11) is -2.89. The summed E-state index contributed by atoms with van der Waals surface area (Å²) in [4.78, 5) is 6.32. The monoisotopic (exact) mass is 317 g/mol. The van der Waals surface area contributed by atoms with Gasteiger partial charge in [-0.05, 0) is 11.6 Å². The average Bonchev–Trinajstić information content (AvgIpc) is 2.37. The maximum Gasteiger partial charge on any atom is 0.153 e. The highest BCUT2D eigenvalue weighted by atomic mass is 35.5. The Morgan fingerprint density at radius 2 is 2.05 bits per heavy atom. The predicted octanol–water partition coefficient (Wildman–Crippen LogP) is 1.47. The second-order valence-corrected chi connectivity index (χ2v) is 8.03. The van der Waals surface area contributed by atoms with E-state index in [0.29, 0.717) is 30.0 Å². The Morgan fingerprint density at radius 3 is 2.60 bits per heavy atom. The minimum atomic E-state index is -2.89.